The zero-order valence-electron chi connectivity index (χ0n) is 13.2. The molecule has 1 aromatic heterocycles. The van der Waals surface area contributed by atoms with Crippen LogP contribution in [0.4, 0.5) is 0 Å². The standard InChI is InChI=1S/C19H16N2O4/c22-17(12-6-2-1-3-7-12)21-16(19(24)25)11-14-10-13-8-4-5-9-15(13)20-18(14)23/h1-10,16H,11H2,(H,20,23)(H,21,22)(H,24,25). The van der Waals surface area contributed by atoms with E-state index in [9.17, 15) is 19.5 Å². The third-order valence-corrected chi connectivity index (χ3v) is 3.89. The quantitative estimate of drug-likeness (QED) is 0.663. The summed E-state index contributed by atoms with van der Waals surface area (Å²) in [7, 11) is 0. The van der Waals surface area contributed by atoms with E-state index in [4.69, 9.17) is 0 Å². The van der Waals surface area contributed by atoms with Gasteiger partial charge in [-0.3, -0.25) is 9.59 Å². The molecule has 1 atom stereocenters. The van der Waals surface area contributed by atoms with Crippen LogP contribution in [0.5, 0.6) is 0 Å². The van der Waals surface area contributed by atoms with Crippen molar-refractivity contribution in [1.82, 2.24) is 10.3 Å². The molecule has 0 aliphatic heterocycles. The van der Waals surface area contributed by atoms with Gasteiger partial charge in [-0.25, -0.2) is 4.79 Å². The summed E-state index contributed by atoms with van der Waals surface area (Å²) in [5, 5.41) is 12.7. The van der Waals surface area contributed by atoms with Gasteiger partial charge in [0.25, 0.3) is 11.5 Å². The van der Waals surface area contributed by atoms with Gasteiger partial charge in [-0.15, -0.1) is 0 Å². The van der Waals surface area contributed by atoms with Crippen molar-refractivity contribution in [2.24, 2.45) is 0 Å². The van der Waals surface area contributed by atoms with Crippen molar-refractivity contribution in [3.63, 3.8) is 0 Å². The number of carboxylic acids is 1. The van der Waals surface area contributed by atoms with Gasteiger partial charge < -0.3 is 15.4 Å². The third kappa shape index (κ3) is 3.74. The van der Waals surface area contributed by atoms with Crippen LogP contribution in [0, 0.1) is 0 Å². The largest absolute Gasteiger partial charge is 0.480 e. The Bertz CT molecular complexity index is 979. The molecule has 0 aliphatic carbocycles. The van der Waals surface area contributed by atoms with Crippen LogP contribution in [0.25, 0.3) is 10.9 Å². The predicted octanol–water partition coefficient (Wildman–Crippen LogP) is 1.95. The maximum atomic E-state index is 12.2. The highest BCUT2D eigenvalue weighted by molar-refractivity contribution is 5.96. The van der Waals surface area contributed by atoms with Gasteiger partial charge in [0.05, 0.1) is 0 Å². The summed E-state index contributed by atoms with van der Waals surface area (Å²) in [6.07, 6.45) is -0.103. The van der Waals surface area contributed by atoms with Crippen molar-refractivity contribution in [2.75, 3.05) is 0 Å². The molecule has 0 aliphatic rings. The number of carboxylic acid groups (broad SMARTS) is 1. The molecule has 126 valence electrons. The lowest BCUT2D eigenvalue weighted by molar-refractivity contribution is -0.139. The summed E-state index contributed by atoms with van der Waals surface area (Å²) >= 11 is 0. The number of benzene rings is 2. The molecule has 25 heavy (non-hydrogen) atoms. The Kier molecular flexibility index (Phi) is 4.61. The fourth-order valence-corrected chi connectivity index (χ4v) is 2.60. The second-order valence-electron chi connectivity index (χ2n) is 5.65. The second-order valence-corrected chi connectivity index (χ2v) is 5.65. The lowest BCUT2D eigenvalue weighted by Crippen LogP contribution is -2.43. The molecule has 3 aromatic rings. The van der Waals surface area contributed by atoms with Gasteiger partial charge in [0.2, 0.25) is 0 Å². The number of amides is 1. The molecule has 3 N–H and O–H groups in total. The Balaban J connectivity index is 1.85. The maximum absolute atomic E-state index is 12.2. The van der Waals surface area contributed by atoms with Crippen molar-refractivity contribution in [3.8, 4) is 0 Å². The number of carbonyl (C=O) groups excluding carboxylic acids is 1. The third-order valence-electron chi connectivity index (χ3n) is 3.89. The number of fused-ring (bicyclic) bond motifs is 1. The van der Waals surface area contributed by atoms with Gasteiger partial charge in [0, 0.05) is 23.1 Å². The summed E-state index contributed by atoms with van der Waals surface area (Å²) in [4.78, 5) is 38.6. The van der Waals surface area contributed by atoms with Crippen LogP contribution in [0.1, 0.15) is 15.9 Å². The Morgan fingerprint density at radius 2 is 1.72 bits per heavy atom. The first kappa shape index (κ1) is 16.4. The van der Waals surface area contributed by atoms with E-state index < -0.39 is 17.9 Å². The van der Waals surface area contributed by atoms with Gasteiger partial charge in [-0.05, 0) is 29.7 Å². The number of H-pyrrole nitrogens is 1. The molecule has 1 unspecified atom stereocenters. The normalized spacial score (nSPS) is 11.8. The van der Waals surface area contributed by atoms with Crippen LogP contribution >= 0.6 is 0 Å². The number of hydrogen-bond acceptors (Lipinski definition) is 3. The van der Waals surface area contributed by atoms with Crippen LogP contribution in [0.15, 0.2) is 65.5 Å². The van der Waals surface area contributed by atoms with Gasteiger partial charge >= 0.3 is 5.97 Å². The van der Waals surface area contributed by atoms with E-state index in [0.717, 1.165) is 5.39 Å². The minimum Gasteiger partial charge on any atom is -0.480 e. The molecule has 3 rings (SSSR count). The van der Waals surface area contributed by atoms with Crippen LogP contribution in [0.3, 0.4) is 0 Å². The molecule has 1 amide bonds. The van der Waals surface area contributed by atoms with Crippen molar-refractivity contribution in [1.29, 1.82) is 0 Å². The molecule has 0 saturated carbocycles. The molecular formula is C19H16N2O4. The van der Waals surface area contributed by atoms with Crippen LogP contribution in [0.2, 0.25) is 0 Å². The van der Waals surface area contributed by atoms with Gasteiger partial charge in [-0.2, -0.15) is 0 Å². The fraction of sp³-hybridized carbons (Fsp3) is 0.105. The number of carbonyl (C=O) groups is 2. The van der Waals surface area contributed by atoms with E-state index in [1.165, 1.54) is 0 Å². The Hall–Kier alpha value is -3.41. The fourth-order valence-electron chi connectivity index (χ4n) is 2.60. The molecule has 6 heteroatoms. The average Bonchev–Trinajstić information content (AvgIpc) is 2.62. The molecular weight excluding hydrogens is 320 g/mol. The molecule has 0 fully saturated rings. The highest BCUT2D eigenvalue weighted by Crippen LogP contribution is 2.11. The maximum Gasteiger partial charge on any atom is 0.326 e. The molecule has 0 bridgehead atoms. The zero-order valence-corrected chi connectivity index (χ0v) is 13.2. The van der Waals surface area contributed by atoms with Gasteiger partial charge in [0.15, 0.2) is 0 Å². The second kappa shape index (κ2) is 7.00. The van der Waals surface area contributed by atoms with Crippen LogP contribution < -0.4 is 10.9 Å². The molecule has 6 nitrogen and oxygen atoms in total. The molecule has 0 saturated heterocycles. The lowest BCUT2D eigenvalue weighted by Gasteiger charge is -2.14. The smallest absolute Gasteiger partial charge is 0.326 e. The first-order chi connectivity index (χ1) is 12.0. The summed E-state index contributed by atoms with van der Waals surface area (Å²) in [6, 6.07) is 16.0. The number of rotatable bonds is 5. The Morgan fingerprint density at radius 1 is 1.04 bits per heavy atom. The molecule has 2 aromatic carbocycles. The van der Waals surface area contributed by atoms with Crippen LogP contribution in [-0.4, -0.2) is 28.0 Å². The highest BCUT2D eigenvalue weighted by Gasteiger charge is 2.22. The number of hydrogen-bond donors (Lipinski definition) is 3. The first-order valence-corrected chi connectivity index (χ1v) is 7.74. The monoisotopic (exact) mass is 336 g/mol. The zero-order chi connectivity index (χ0) is 17.8. The van der Waals surface area contributed by atoms with E-state index in [2.05, 4.69) is 10.3 Å². The van der Waals surface area contributed by atoms with E-state index in [0.29, 0.717) is 16.6 Å². The first-order valence-electron chi connectivity index (χ1n) is 7.74. The minimum absolute atomic E-state index is 0.103. The molecule has 1 heterocycles. The van der Waals surface area contributed by atoms with E-state index >= 15 is 0 Å². The van der Waals surface area contributed by atoms with Gasteiger partial charge in [0.1, 0.15) is 6.04 Å². The number of pyridine rings is 1. The summed E-state index contributed by atoms with van der Waals surface area (Å²) in [5.41, 5.74) is 0.982. The Labute approximate surface area is 143 Å². The van der Waals surface area contributed by atoms with Gasteiger partial charge in [-0.1, -0.05) is 36.4 Å². The minimum atomic E-state index is -1.20. The topological polar surface area (TPSA) is 99.3 Å². The van der Waals surface area contributed by atoms with Crippen molar-refractivity contribution >= 4 is 22.8 Å². The predicted molar refractivity (Wildman–Crippen MR) is 93.6 cm³/mol. The Morgan fingerprint density at radius 3 is 2.44 bits per heavy atom. The number of aromatic amines is 1. The van der Waals surface area contributed by atoms with Crippen molar-refractivity contribution < 1.29 is 14.7 Å². The SMILES string of the molecule is O=C(NC(Cc1cc2ccccc2[nH]c1=O)C(=O)O)c1ccccc1. The highest BCUT2D eigenvalue weighted by atomic mass is 16.4. The lowest BCUT2D eigenvalue weighted by atomic mass is 10.0. The number of para-hydroxylation sites is 1. The number of aromatic nitrogens is 1. The van der Waals surface area contributed by atoms with E-state index in [1.54, 1.807) is 48.5 Å². The number of nitrogens with one attached hydrogen (secondary N) is 2. The number of aliphatic carboxylic acids is 1. The van der Waals surface area contributed by atoms with E-state index in [-0.39, 0.29) is 12.0 Å². The van der Waals surface area contributed by atoms with E-state index in [1.807, 2.05) is 12.1 Å². The molecule has 0 radical (unpaired) electrons. The van der Waals surface area contributed by atoms with Crippen LogP contribution in [-0.2, 0) is 11.2 Å². The summed E-state index contributed by atoms with van der Waals surface area (Å²) < 4.78 is 0. The average molecular weight is 336 g/mol. The summed E-state index contributed by atoms with van der Waals surface area (Å²) in [5.74, 6) is -1.69. The van der Waals surface area contributed by atoms with Crippen molar-refractivity contribution in [2.45, 2.75) is 12.5 Å². The van der Waals surface area contributed by atoms with Crippen molar-refractivity contribution in [3.05, 3.63) is 82.1 Å². The summed E-state index contributed by atoms with van der Waals surface area (Å²) in [6.45, 7) is 0. The molecule has 0 spiro atoms.